The molecule has 6 nitrogen and oxygen atoms in total. The van der Waals surface area contributed by atoms with E-state index in [1.54, 1.807) is 6.07 Å². The van der Waals surface area contributed by atoms with Crippen LogP contribution in [0.15, 0.2) is 54.7 Å². The average Bonchev–Trinajstić information content (AvgIpc) is 3.19. The van der Waals surface area contributed by atoms with Crippen LogP contribution in [0.5, 0.6) is 0 Å². The van der Waals surface area contributed by atoms with Gasteiger partial charge in [-0.1, -0.05) is 64.1 Å². The van der Waals surface area contributed by atoms with Gasteiger partial charge in [-0.15, -0.1) is 0 Å². The third-order valence-corrected chi connectivity index (χ3v) is 8.83. The van der Waals surface area contributed by atoms with E-state index in [2.05, 4.69) is 10.6 Å². The summed E-state index contributed by atoms with van der Waals surface area (Å²) in [5.74, 6) is -2.33. The van der Waals surface area contributed by atoms with Gasteiger partial charge in [0.15, 0.2) is 0 Å². The maximum atomic E-state index is 13.7. The summed E-state index contributed by atoms with van der Waals surface area (Å²) >= 11 is 0. The molecule has 3 aromatic rings. The maximum absolute atomic E-state index is 13.7. The second-order valence-corrected chi connectivity index (χ2v) is 13.2. The fourth-order valence-electron chi connectivity index (χ4n) is 7.25. The number of nitrogens with zero attached hydrogens (tertiary/aromatic N) is 2. The molecule has 2 N–H and O–H groups in total. The first-order chi connectivity index (χ1) is 18.4. The van der Waals surface area contributed by atoms with E-state index in [9.17, 15) is 25.1 Å². The van der Waals surface area contributed by atoms with Gasteiger partial charge < -0.3 is 14.8 Å². The molecular formula is C33H38N2O4. The van der Waals surface area contributed by atoms with Crippen LogP contribution in [-0.4, -0.2) is 38.6 Å². The SMILES string of the molecule is CC1(C)CC(=O)[C@H](C(c2cn(Cc3ccccc3C#N)c3ccccc23)[C@@H]2C(=O)CC(C)(C)C[C@@H]2O)[C@@H](O)C1. The molecule has 204 valence electrons. The molecule has 0 aliphatic heterocycles. The molecule has 2 aromatic carbocycles. The van der Waals surface area contributed by atoms with Crippen LogP contribution in [0.2, 0.25) is 0 Å². The van der Waals surface area contributed by atoms with E-state index in [0.29, 0.717) is 37.8 Å². The van der Waals surface area contributed by atoms with Gasteiger partial charge in [-0.2, -0.15) is 5.26 Å². The Hall–Kier alpha value is -3.27. The predicted octanol–water partition coefficient (Wildman–Crippen LogP) is 5.38. The Morgan fingerprint density at radius 1 is 0.897 bits per heavy atom. The number of carbonyl (C=O) groups is 2. The summed E-state index contributed by atoms with van der Waals surface area (Å²) in [6.07, 6.45) is 1.70. The van der Waals surface area contributed by atoms with Crippen LogP contribution in [0.4, 0.5) is 0 Å². The summed E-state index contributed by atoms with van der Waals surface area (Å²) in [7, 11) is 0. The van der Waals surface area contributed by atoms with Gasteiger partial charge in [-0.05, 0) is 46.9 Å². The number of carbonyl (C=O) groups excluding carboxylic acids is 2. The summed E-state index contributed by atoms with van der Waals surface area (Å²) in [4.78, 5) is 27.5. The first-order valence-electron chi connectivity index (χ1n) is 13.9. The number of Topliss-reactive ketones (excluding diaryl/α,β-unsaturated/α-hetero) is 2. The first-order valence-corrected chi connectivity index (χ1v) is 13.9. The average molecular weight is 527 g/mol. The van der Waals surface area contributed by atoms with Crippen molar-refractivity contribution in [1.29, 1.82) is 5.26 Å². The second kappa shape index (κ2) is 10.0. The normalized spacial score (nSPS) is 27.3. The molecule has 1 unspecified atom stereocenters. The zero-order valence-corrected chi connectivity index (χ0v) is 23.2. The number of benzene rings is 2. The van der Waals surface area contributed by atoms with Crippen molar-refractivity contribution in [3.63, 3.8) is 0 Å². The van der Waals surface area contributed by atoms with Crippen LogP contribution in [0.1, 0.15) is 76.0 Å². The van der Waals surface area contributed by atoms with Crippen LogP contribution in [-0.2, 0) is 16.1 Å². The minimum Gasteiger partial charge on any atom is -0.392 e. The zero-order valence-electron chi connectivity index (χ0n) is 23.2. The standard InChI is InChI=1S/C33H38N2O4/c1-32(2)13-25(36)30(26(37)14-32)29(31-27(38)15-33(3,4)16-28(31)39)23-19-35(24-12-8-7-11-22(23)24)18-21-10-6-5-9-20(21)17-34/h5-12,19,25,27,29-31,36,38H,13-16,18H2,1-4H3/t25-,27-,29?,30-,31+/m0/s1. The number of aromatic nitrogens is 1. The van der Waals surface area contributed by atoms with Gasteiger partial charge in [0.2, 0.25) is 0 Å². The van der Waals surface area contributed by atoms with Gasteiger partial charge in [0.05, 0.1) is 35.7 Å². The van der Waals surface area contributed by atoms with Crippen LogP contribution in [0.25, 0.3) is 10.9 Å². The summed E-state index contributed by atoms with van der Waals surface area (Å²) in [5, 5.41) is 33.4. The summed E-state index contributed by atoms with van der Waals surface area (Å²) < 4.78 is 2.06. The van der Waals surface area contributed by atoms with Gasteiger partial charge >= 0.3 is 0 Å². The van der Waals surface area contributed by atoms with E-state index >= 15 is 0 Å². The molecule has 2 aliphatic rings. The largest absolute Gasteiger partial charge is 0.392 e. The van der Waals surface area contributed by atoms with E-state index < -0.39 is 30.0 Å². The number of fused-ring (bicyclic) bond motifs is 1. The van der Waals surface area contributed by atoms with Crippen LogP contribution in [0.3, 0.4) is 0 Å². The van der Waals surface area contributed by atoms with Crippen LogP contribution >= 0.6 is 0 Å². The third kappa shape index (κ3) is 5.18. The van der Waals surface area contributed by atoms with Crippen LogP contribution < -0.4 is 0 Å². The lowest BCUT2D eigenvalue weighted by atomic mass is 9.58. The topological polar surface area (TPSA) is 103 Å². The van der Waals surface area contributed by atoms with E-state index in [1.807, 2.05) is 76.4 Å². The molecule has 6 heteroatoms. The highest BCUT2D eigenvalue weighted by Gasteiger charge is 2.52. The third-order valence-electron chi connectivity index (χ3n) is 8.83. The van der Waals surface area contributed by atoms with Gasteiger partial charge in [0.25, 0.3) is 0 Å². The number of nitriles is 1. The van der Waals surface area contributed by atoms with Crippen LogP contribution in [0, 0.1) is 34.0 Å². The van der Waals surface area contributed by atoms with Crippen molar-refractivity contribution < 1.29 is 19.8 Å². The summed E-state index contributed by atoms with van der Waals surface area (Å²) in [6, 6.07) is 17.6. The monoisotopic (exact) mass is 526 g/mol. The van der Waals surface area contributed by atoms with E-state index in [4.69, 9.17) is 0 Å². The fourth-order valence-corrected chi connectivity index (χ4v) is 7.25. The minimum absolute atomic E-state index is 0.0553. The van der Waals surface area contributed by atoms with Crippen molar-refractivity contribution in [3.05, 3.63) is 71.4 Å². The molecule has 0 radical (unpaired) electrons. The van der Waals surface area contributed by atoms with Crippen molar-refractivity contribution in [3.8, 4) is 6.07 Å². The number of hydrogen-bond donors (Lipinski definition) is 2. The van der Waals surface area contributed by atoms with Gasteiger partial charge in [0, 0.05) is 42.4 Å². The molecule has 2 saturated carbocycles. The predicted molar refractivity (Wildman–Crippen MR) is 150 cm³/mol. The number of hydrogen-bond acceptors (Lipinski definition) is 5. The lowest BCUT2D eigenvalue weighted by Crippen LogP contribution is -2.51. The molecular weight excluding hydrogens is 488 g/mol. The molecule has 5 atom stereocenters. The van der Waals surface area contributed by atoms with Crippen molar-refractivity contribution in [2.45, 2.75) is 78.0 Å². The molecule has 2 fully saturated rings. The number of rotatable bonds is 5. The summed E-state index contributed by atoms with van der Waals surface area (Å²) in [6.45, 7) is 8.39. The Morgan fingerprint density at radius 3 is 2.00 bits per heavy atom. The highest BCUT2D eigenvalue weighted by molar-refractivity contribution is 5.92. The number of para-hydroxylation sites is 1. The van der Waals surface area contributed by atoms with Crippen molar-refractivity contribution in [2.75, 3.05) is 0 Å². The molecule has 0 saturated heterocycles. The molecule has 1 heterocycles. The Kier molecular flexibility index (Phi) is 7.03. The Balaban J connectivity index is 1.68. The van der Waals surface area contributed by atoms with E-state index in [0.717, 1.165) is 22.0 Å². The van der Waals surface area contributed by atoms with Crippen molar-refractivity contribution >= 4 is 22.5 Å². The molecule has 5 rings (SSSR count). The number of aliphatic hydroxyl groups excluding tert-OH is 2. The fraction of sp³-hybridized carbons (Fsp3) is 0.485. The van der Waals surface area contributed by atoms with E-state index in [-0.39, 0.29) is 22.4 Å². The van der Waals surface area contributed by atoms with Gasteiger partial charge in [-0.3, -0.25) is 9.59 Å². The van der Waals surface area contributed by atoms with Crippen molar-refractivity contribution in [1.82, 2.24) is 4.57 Å². The maximum Gasteiger partial charge on any atom is 0.139 e. The highest BCUT2D eigenvalue weighted by Crippen LogP contribution is 2.51. The quantitative estimate of drug-likeness (QED) is 0.465. The molecule has 0 amide bonds. The minimum atomic E-state index is -0.914. The second-order valence-electron chi connectivity index (χ2n) is 13.2. The zero-order chi connectivity index (χ0) is 28.1. The van der Waals surface area contributed by atoms with Crippen molar-refractivity contribution in [2.24, 2.45) is 22.7 Å². The Labute approximate surface area is 230 Å². The lowest BCUT2D eigenvalue weighted by molar-refractivity contribution is -0.144. The van der Waals surface area contributed by atoms with E-state index in [1.165, 1.54) is 0 Å². The molecule has 0 bridgehead atoms. The number of aliphatic hydroxyl groups is 2. The summed E-state index contributed by atoms with van der Waals surface area (Å²) in [5.41, 5.74) is 2.52. The molecule has 2 aliphatic carbocycles. The molecule has 39 heavy (non-hydrogen) atoms. The Morgan fingerprint density at radius 2 is 1.44 bits per heavy atom. The molecule has 0 spiro atoms. The highest BCUT2D eigenvalue weighted by atomic mass is 16.3. The Bertz CT molecular complexity index is 1420. The molecule has 1 aromatic heterocycles. The van der Waals surface area contributed by atoms with Gasteiger partial charge in [-0.25, -0.2) is 0 Å². The van der Waals surface area contributed by atoms with Gasteiger partial charge in [0.1, 0.15) is 11.6 Å². The lowest BCUT2D eigenvalue weighted by Gasteiger charge is -2.46. The smallest absolute Gasteiger partial charge is 0.139 e. The first kappa shape index (κ1) is 27.3. The number of ketones is 2.